The minimum Gasteiger partial charge on any atom is -0.375 e. The van der Waals surface area contributed by atoms with Gasteiger partial charge in [0.25, 0.3) is 0 Å². The maximum atomic E-state index is 13.9. The van der Waals surface area contributed by atoms with E-state index in [0.29, 0.717) is 33.7 Å². The summed E-state index contributed by atoms with van der Waals surface area (Å²) in [5, 5.41) is 0. The van der Waals surface area contributed by atoms with Crippen LogP contribution in [-0.4, -0.2) is 39.8 Å². The van der Waals surface area contributed by atoms with E-state index in [2.05, 4.69) is 0 Å². The third kappa shape index (κ3) is 5.39. The van der Waals surface area contributed by atoms with Crippen molar-refractivity contribution in [1.82, 2.24) is 0 Å². The highest BCUT2D eigenvalue weighted by Crippen LogP contribution is 2.39. The first-order valence-corrected chi connectivity index (χ1v) is 12.4. The number of benzene rings is 4. The molecule has 4 aromatic carbocycles. The summed E-state index contributed by atoms with van der Waals surface area (Å²) < 4.78 is 0. The second kappa shape index (κ2) is 11.2. The molecular formula is C32H32N2O4. The lowest BCUT2D eigenvalue weighted by Gasteiger charge is -2.24. The van der Waals surface area contributed by atoms with Gasteiger partial charge in [0.05, 0.1) is 16.9 Å². The predicted molar refractivity (Wildman–Crippen MR) is 152 cm³/mol. The zero-order valence-electron chi connectivity index (χ0n) is 22.6. The molecule has 0 heterocycles. The standard InChI is InChI=1S/C32H32N2O4/c1-21-17-18-26(33(3)4)28(19-21)37-38-32-27(34(5)6)20-25(30(35)23-13-9-7-10-14-23)22(2)29(32)31(36)24-15-11-8-12-16-24/h7-20H,1-6H3. The molecule has 0 amide bonds. The van der Waals surface area contributed by atoms with Crippen LogP contribution in [0.15, 0.2) is 84.9 Å². The Bertz CT molecular complexity index is 1460. The molecule has 0 spiro atoms. The molecular weight excluding hydrogens is 476 g/mol. The minimum atomic E-state index is -0.260. The van der Waals surface area contributed by atoms with Crippen LogP contribution in [0, 0.1) is 13.8 Å². The molecule has 0 atom stereocenters. The van der Waals surface area contributed by atoms with Crippen molar-refractivity contribution < 1.29 is 19.4 Å². The maximum absolute atomic E-state index is 13.9. The Morgan fingerprint density at radius 2 is 1.18 bits per heavy atom. The number of carbonyl (C=O) groups excluding carboxylic acids is 2. The Labute approximate surface area is 224 Å². The molecule has 0 N–H and O–H groups in total. The van der Waals surface area contributed by atoms with Gasteiger partial charge in [0, 0.05) is 44.9 Å². The highest BCUT2D eigenvalue weighted by atomic mass is 17.2. The molecule has 0 aromatic heterocycles. The molecule has 0 radical (unpaired) electrons. The average Bonchev–Trinajstić information content (AvgIpc) is 2.91. The molecule has 6 heteroatoms. The normalized spacial score (nSPS) is 10.6. The Balaban J connectivity index is 1.91. The van der Waals surface area contributed by atoms with Gasteiger partial charge in [-0.1, -0.05) is 66.7 Å². The summed E-state index contributed by atoms with van der Waals surface area (Å²) in [7, 11) is 7.51. The van der Waals surface area contributed by atoms with E-state index in [1.54, 1.807) is 37.3 Å². The van der Waals surface area contributed by atoms with Gasteiger partial charge < -0.3 is 9.80 Å². The van der Waals surface area contributed by atoms with Crippen LogP contribution in [0.5, 0.6) is 11.5 Å². The van der Waals surface area contributed by atoms with Crippen LogP contribution in [0.2, 0.25) is 0 Å². The predicted octanol–water partition coefficient (Wildman–Crippen LogP) is 6.27. The number of hydrogen-bond acceptors (Lipinski definition) is 6. The van der Waals surface area contributed by atoms with Crippen LogP contribution < -0.4 is 19.6 Å². The Kier molecular flexibility index (Phi) is 7.82. The summed E-state index contributed by atoms with van der Waals surface area (Å²) >= 11 is 0. The van der Waals surface area contributed by atoms with Gasteiger partial charge in [-0.3, -0.25) is 19.4 Å². The molecule has 4 aromatic rings. The SMILES string of the molecule is Cc1ccc(N(C)C)c(OOc2c(N(C)C)cc(C(=O)c3ccccc3)c(C)c2C(=O)c2ccccc2)c1. The van der Waals surface area contributed by atoms with E-state index < -0.39 is 0 Å². The number of anilines is 2. The monoisotopic (exact) mass is 508 g/mol. The van der Waals surface area contributed by atoms with Crippen LogP contribution in [-0.2, 0) is 0 Å². The van der Waals surface area contributed by atoms with Crippen molar-refractivity contribution in [2.45, 2.75) is 13.8 Å². The number of aryl methyl sites for hydroxylation is 1. The first-order valence-electron chi connectivity index (χ1n) is 12.4. The fourth-order valence-corrected chi connectivity index (χ4v) is 4.29. The summed E-state index contributed by atoms with van der Waals surface area (Å²) in [5.74, 6) is 0.330. The van der Waals surface area contributed by atoms with Gasteiger partial charge in [-0.15, -0.1) is 0 Å². The van der Waals surface area contributed by atoms with Gasteiger partial charge in [0.1, 0.15) is 0 Å². The third-order valence-corrected chi connectivity index (χ3v) is 6.36. The smallest absolute Gasteiger partial charge is 0.213 e. The molecule has 0 saturated carbocycles. The molecule has 0 aliphatic heterocycles. The molecule has 0 aliphatic carbocycles. The topological polar surface area (TPSA) is 59.1 Å². The molecule has 6 nitrogen and oxygen atoms in total. The highest BCUT2D eigenvalue weighted by molar-refractivity contribution is 6.17. The van der Waals surface area contributed by atoms with E-state index in [9.17, 15) is 9.59 Å². The van der Waals surface area contributed by atoms with E-state index in [0.717, 1.165) is 11.3 Å². The van der Waals surface area contributed by atoms with Crippen LogP contribution in [0.1, 0.15) is 43.0 Å². The quantitative estimate of drug-likeness (QED) is 0.151. The molecule has 194 valence electrons. The van der Waals surface area contributed by atoms with Crippen molar-refractivity contribution in [3.8, 4) is 11.5 Å². The number of carbonyl (C=O) groups is 2. The van der Waals surface area contributed by atoms with Crippen molar-refractivity contribution in [3.05, 3.63) is 118 Å². The number of hydrogen-bond donors (Lipinski definition) is 0. The number of nitrogens with zero attached hydrogens (tertiary/aromatic N) is 2. The molecule has 0 unspecified atom stereocenters. The summed E-state index contributed by atoms with van der Waals surface area (Å²) in [4.78, 5) is 43.2. The van der Waals surface area contributed by atoms with Gasteiger partial charge in [-0.25, -0.2) is 0 Å². The third-order valence-electron chi connectivity index (χ3n) is 6.36. The summed E-state index contributed by atoms with van der Waals surface area (Å²) in [5.41, 5.74) is 4.63. The van der Waals surface area contributed by atoms with Crippen LogP contribution in [0.25, 0.3) is 0 Å². The average molecular weight is 509 g/mol. The number of ketones is 2. The largest absolute Gasteiger partial charge is 0.375 e. The van der Waals surface area contributed by atoms with Gasteiger partial charge in [0.2, 0.25) is 11.5 Å². The summed E-state index contributed by atoms with van der Waals surface area (Å²) in [6.07, 6.45) is 0. The summed E-state index contributed by atoms with van der Waals surface area (Å²) in [6, 6.07) is 25.6. The number of rotatable bonds is 9. The lowest BCUT2D eigenvalue weighted by molar-refractivity contribution is -0.0992. The second-order valence-corrected chi connectivity index (χ2v) is 9.59. The van der Waals surface area contributed by atoms with Crippen LogP contribution in [0.4, 0.5) is 11.4 Å². The zero-order valence-corrected chi connectivity index (χ0v) is 22.6. The zero-order chi connectivity index (χ0) is 27.4. The molecule has 0 fully saturated rings. The van der Waals surface area contributed by atoms with Crippen molar-refractivity contribution in [2.75, 3.05) is 38.0 Å². The van der Waals surface area contributed by atoms with E-state index in [4.69, 9.17) is 9.78 Å². The first-order chi connectivity index (χ1) is 18.2. The highest BCUT2D eigenvalue weighted by Gasteiger charge is 2.28. The molecule has 38 heavy (non-hydrogen) atoms. The summed E-state index contributed by atoms with van der Waals surface area (Å²) in [6.45, 7) is 3.74. The fraction of sp³-hybridized carbons (Fsp3) is 0.188. The Hall–Kier alpha value is -4.58. The van der Waals surface area contributed by atoms with Crippen LogP contribution >= 0.6 is 0 Å². The fourth-order valence-electron chi connectivity index (χ4n) is 4.29. The van der Waals surface area contributed by atoms with Gasteiger partial charge >= 0.3 is 0 Å². The molecule has 4 rings (SSSR count). The Morgan fingerprint density at radius 1 is 0.632 bits per heavy atom. The van der Waals surface area contributed by atoms with Gasteiger partial charge in [0.15, 0.2) is 11.6 Å². The van der Waals surface area contributed by atoms with Gasteiger partial charge in [-0.05, 0) is 43.2 Å². The second-order valence-electron chi connectivity index (χ2n) is 9.59. The lowest BCUT2D eigenvalue weighted by atomic mass is 9.90. The minimum absolute atomic E-state index is 0.172. The van der Waals surface area contributed by atoms with Crippen molar-refractivity contribution in [1.29, 1.82) is 0 Å². The Morgan fingerprint density at radius 3 is 1.74 bits per heavy atom. The van der Waals surface area contributed by atoms with Crippen molar-refractivity contribution in [3.63, 3.8) is 0 Å². The van der Waals surface area contributed by atoms with E-state index in [-0.39, 0.29) is 22.9 Å². The molecule has 0 saturated heterocycles. The van der Waals surface area contributed by atoms with Crippen LogP contribution in [0.3, 0.4) is 0 Å². The molecule has 0 aliphatic rings. The molecule has 0 bridgehead atoms. The maximum Gasteiger partial charge on any atom is 0.213 e. The lowest BCUT2D eigenvalue weighted by Crippen LogP contribution is -2.20. The van der Waals surface area contributed by atoms with E-state index >= 15 is 0 Å². The first kappa shape index (κ1) is 26.5. The van der Waals surface area contributed by atoms with E-state index in [1.165, 1.54) is 0 Å². The van der Waals surface area contributed by atoms with Gasteiger partial charge in [-0.2, -0.15) is 0 Å². The van der Waals surface area contributed by atoms with Crippen molar-refractivity contribution >= 4 is 22.9 Å². The van der Waals surface area contributed by atoms with Crippen molar-refractivity contribution in [2.24, 2.45) is 0 Å². The van der Waals surface area contributed by atoms with E-state index in [1.807, 2.05) is 99.5 Å².